The molecule has 4 heteroatoms. The van der Waals surface area contributed by atoms with Gasteiger partial charge in [-0.05, 0) is 47.5 Å². The van der Waals surface area contributed by atoms with Gasteiger partial charge >= 0.3 is 0 Å². The summed E-state index contributed by atoms with van der Waals surface area (Å²) in [6.07, 6.45) is 0.367. The Kier molecular flexibility index (Phi) is 6.82. The van der Waals surface area contributed by atoms with Gasteiger partial charge in [-0.25, -0.2) is 0 Å². The monoisotopic (exact) mass is 375 g/mol. The highest BCUT2D eigenvalue weighted by Crippen LogP contribution is 2.23. The van der Waals surface area contributed by atoms with Crippen LogP contribution < -0.4 is 14.8 Å². The lowest BCUT2D eigenvalue weighted by Crippen LogP contribution is -2.23. The lowest BCUT2D eigenvalue weighted by molar-refractivity contribution is 0.0968. The summed E-state index contributed by atoms with van der Waals surface area (Å²) in [5.74, 6) is 1.63. The Hall–Kier alpha value is -3.11. The standard InChI is InChI=1S/C24H25NO3/c1-27-21-12-8-19(9-13-21)23(25-17-18-6-4-3-5-7-18)16-24(26)20-10-14-22(28-2)15-11-20/h3-15,23,25H,16-17H2,1-2H3. The molecule has 0 amide bonds. The number of carbonyl (C=O) groups is 1. The average Bonchev–Trinajstić information content (AvgIpc) is 2.77. The minimum absolute atomic E-state index is 0.0871. The molecule has 0 radical (unpaired) electrons. The van der Waals surface area contributed by atoms with Crippen molar-refractivity contribution in [3.8, 4) is 11.5 Å². The molecule has 0 aliphatic heterocycles. The number of nitrogens with one attached hydrogen (secondary N) is 1. The lowest BCUT2D eigenvalue weighted by atomic mass is 9.97. The maximum Gasteiger partial charge on any atom is 0.164 e. The van der Waals surface area contributed by atoms with Crippen molar-refractivity contribution in [3.05, 3.63) is 95.6 Å². The highest BCUT2D eigenvalue weighted by Gasteiger charge is 2.17. The van der Waals surface area contributed by atoms with E-state index in [1.165, 1.54) is 5.56 Å². The van der Waals surface area contributed by atoms with Gasteiger partial charge in [-0.1, -0.05) is 42.5 Å². The summed E-state index contributed by atoms with van der Waals surface area (Å²) in [5, 5.41) is 3.53. The van der Waals surface area contributed by atoms with Gasteiger partial charge in [0.05, 0.1) is 14.2 Å². The maximum absolute atomic E-state index is 12.9. The number of ketones is 1. The zero-order valence-corrected chi connectivity index (χ0v) is 16.2. The summed E-state index contributed by atoms with van der Waals surface area (Å²) in [5.41, 5.74) is 2.91. The molecule has 0 aliphatic rings. The van der Waals surface area contributed by atoms with Gasteiger partial charge in [0.1, 0.15) is 11.5 Å². The average molecular weight is 375 g/mol. The molecule has 1 atom stereocenters. The number of methoxy groups -OCH3 is 2. The third-order valence-electron chi connectivity index (χ3n) is 4.72. The van der Waals surface area contributed by atoms with Crippen LogP contribution in [0.2, 0.25) is 0 Å². The summed E-state index contributed by atoms with van der Waals surface area (Å²) in [4.78, 5) is 12.9. The van der Waals surface area contributed by atoms with E-state index in [0.717, 1.165) is 17.1 Å². The summed E-state index contributed by atoms with van der Waals surface area (Å²) in [7, 11) is 3.26. The van der Waals surface area contributed by atoms with Crippen LogP contribution in [0.3, 0.4) is 0 Å². The van der Waals surface area contributed by atoms with Crippen LogP contribution in [-0.4, -0.2) is 20.0 Å². The van der Waals surface area contributed by atoms with Crippen LogP contribution in [-0.2, 0) is 6.54 Å². The maximum atomic E-state index is 12.9. The van der Waals surface area contributed by atoms with Gasteiger partial charge in [0.15, 0.2) is 5.78 Å². The van der Waals surface area contributed by atoms with Crippen molar-refractivity contribution in [3.63, 3.8) is 0 Å². The number of hydrogen-bond donors (Lipinski definition) is 1. The zero-order chi connectivity index (χ0) is 19.8. The van der Waals surface area contributed by atoms with Gasteiger partial charge in [-0.2, -0.15) is 0 Å². The number of rotatable bonds is 9. The van der Waals surface area contributed by atoms with Crippen molar-refractivity contribution in [2.45, 2.75) is 19.0 Å². The van der Waals surface area contributed by atoms with E-state index in [4.69, 9.17) is 9.47 Å². The van der Waals surface area contributed by atoms with Gasteiger partial charge in [-0.3, -0.25) is 4.79 Å². The van der Waals surface area contributed by atoms with Crippen LogP contribution in [0.4, 0.5) is 0 Å². The Bertz CT molecular complexity index is 874. The van der Waals surface area contributed by atoms with Gasteiger partial charge in [0.2, 0.25) is 0 Å². The van der Waals surface area contributed by atoms with Gasteiger partial charge in [-0.15, -0.1) is 0 Å². The second kappa shape index (κ2) is 9.72. The third-order valence-corrected chi connectivity index (χ3v) is 4.72. The van der Waals surface area contributed by atoms with Crippen LogP contribution in [0.5, 0.6) is 11.5 Å². The van der Waals surface area contributed by atoms with Crippen LogP contribution in [0.25, 0.3) is 0 Å². The predicted molar refractivity (Wildman–Crippen MR) is 111 cm³/mol. The molecule has 144 valence electrons. The van der Waals surface area contributed by atoms with Crippen molar-refractivity contribution >= 4 is 5.78 Å². The number of Topliss-reactive ketones (excluding diaryl/α,β-unsaturated/α-hetero) is 1. The molecule has 0 fully saturated rings. The second-order valence-corrected chi connectivity index (χ2v) is 6.55. The molecule has 3 rings (SSSR count). The van der Waals surface area contributed by atoms with Crippen molar-refractivity contribution in [2.24, 2.45) is 0 Å². The SMILES string of the molecule is COc1ccc(C(=O)CC(NCc2ccccc2)c2ccc(OC)cc2)cc1. The minimum atomic E-state index is -0.0966. The number of benzene rings is 3. The summed E-state index contributed by atoms with van der Waals surface area (Å²) < 4.78 is 10.4. The van der Waals surface area contributed by atoms with E-state index in [2.05, 4.69) is 17.4 Å². The first-order chi connectivity index (χ1) is 13.7. The van der Waals surface area contributed by atoms with Crippen LogP contribution >= 0.6 is 0 Å². The Labute approximate surface area is 166 Å². The normalized spacial score (nSPS) is 11.6. The summed E-state index contributed by atoms with van der Waals surface area (Å²) in [6, 6.07) is 25.2. The fourth-order valence-corrected chi connectivity index (χ4v) is 3.06. The van der Waals surface area contributed by atoms with Gasteiger partial charge in [0, 0.05) is 24.6 Å². The molecule has 28 heavy (non-hydrogen) atoms. The molecule has 0 saturated carbocycles. The highest BCUT2D eigenvalue weighted by atomic mass is 16.5. The fraction of sp³-hybridized carbons (Fsp3) is 0.208. The number of ether oxygens (including phenoxy) is 2. The summed E-state index contributed by atoms with van der Waals surface area (Å²) in [6.45, 7) is 0.688. The molecule has 0 bridgehead atoms. The Morgan fingerprint density at radius 3 is 1.96 bits per heavy atom. The quantitative estimate of drug-likeness (QED) is 0.545. The minimum Gasteiger partial charge on any atom is -0.497 e. The van der Waals surface area contributed by atoms with E-state index in [9.17, 15) is 4.79 Å². The fourth-order valence-electron chi connectivity index (χ4n) is 3.06. The van der Waals surface area contributed by atoms with Crippen molar-refractivity contribution in [1.82, 2.24) is 5.32 Å². The molecule has 0 aliphatic carbocycles. The van der Waals surface area contributed by atoms with E-state index in [0.29, 0.717) is 18.5 Å². The first kappa shape index (κ1) is 19.6. The number of carbonyl (C=O) groups excluding carboxylic acids is 1. The Balaban J connectivity index is 1.76. The molecule has 0 heterocycles. The topological polar surface area (TPSA) is 47.6 Å². The van der Waals surface area contributed by atoms with E-state index >= 15 is 0 Å². The molecule has 4 nitrogen and oxygen atoms in total. The molecule has 3 aromatic carbocycles. The molecular formula is C24H25NO3. The van der Waals surface area contributed by atoms with Crippen LogP contribution in [0.1, 0.15) is 33.9 Å². The Morgan fingerprint density at radius 1 is 0.821 bits per heavy atom. The lowest BCUT2D eigenvalue weighted by Gasteiger charge is -2.19. The highest BCUT2D eigenvalue weighted by molar-refractivity contribution is 5.96. The molecule has 3 aromatic rings. The van der Waals surface area contributed by atoms with E-state index < -0.39 is 0 Å². The summed E-state index contributed by atoms with van der Waals surface area (Å²) >= 11 is 0. The molecular weight excluding hydrogens is 350 g/mol. The van der Waals surface area contributed by atoms with Crippen LogP contribution in [0, 0.1) is 0 Å². The first-order valence-electron chi connectivity index (χ1n) is 9.28. The third kappa shape index (κ3) is 5.21. The van der Waals surface area contributed by atoms with Crippen molar-refractivity contribution in [2.75, 3.05) is 14.2 Å². The number of hydrogen-bond acceptors (Lipinski definition) is 4. The predicted octanol–water partition coefficient (Wildman–Crippen LogP) is 4.81. The molecule has 0 aromatic heterocycles. The first-order valence-corrected chi connectivity index (χ1v) is 9.28. The van der Waals surface area contributed by atoms with E-state index in [-0.39, 0.29) is 11.8 Å². The van der Waals surface area contributed by atoms with E-state index in [1.807, 2.05) is 66.7 Å². The molecule has 0 spiro atoms. The molecule has 1 N–H and O–H groups in total. The van der Waals surface area contributed by atoms with Gasteiger partial charge < -0.3 is 14.8 Å². The largest absolute Gasteiger partial charge is 0.497 e. The zero-order valence-electron chi connectivity index (χ0n) is 16.2. The van der Waals surface area contributed by atoms with E-state index in [1.54, 1.807) is 14.2 Å². The van der Waals surface area contributed by atoms with Crippen molar-refractivity contribution in [1.29, 1.82) is 0 Å². The van der Waals surface area contributed by atoms with Crippen molar-refractivity contribution < 1.29 is 14.3 Å². The second-order valence-electron chi connectivity index (χ2n) is 6.55. The van der Waals surface area contributed by atoms with Gasteiger partial charge in [0.25, 0.3) is 0 Å². The molecule has 0 saturated heterocycles. The Morgan fingerprint density at radius 2 is 1.39 bits per heavy atom. The van der Waals surface area contributed by atoms with Crippen LogP contribution in [0.15, 0.2) is 78.9 Å². The molecule has 1 unspecified atom stereocenters. The smallest absolute Gasteiger partial charge is 0.164 e.